The van der Waals surface area contributed by atoms with Crippen molar-refractivity contribution in [3.63, 3.8) is 0 Å². The number of thiocarbonyl (C=S) groups is 1. The SMILES string of the molecule is Cc1ccc(NC(=S)Nc2cccc(CNC(=O)/C(=C/c3ccc(-c4ccccc4)o3)NC(=O)c3ccccc3)c2)cc1. The maximum atomic E-state index is 13.4. The molecule has 0 saturated heterocycles. The topological polar surface area (TPSA) is 95.4 Å². The first kappa shape index (κ1) is 29.0. The van der Waals surface area contributed by atoms with Crippen molar-refractivity contribution in [2.75, 3.05) is 10.6 Å². The molecule has 0 radical (unpaired) electrons. The highest BCUT2D eigenvalue weighted by Crippen LogP contribution is 2.23. The van der Waals surface area contributed by atoms with Crippen LogP contribution in [0.5, 0.6) is 0 Å². The van der Waals surface area contributed by atoms with E-state index in [0.29, 0.717) is 22.2 Å². The molecule has 1 heterocycles. The summed E-state index contributed by atoms with van der Waals surface area (Å²) in [7, 11) is 0. The van der Waals surface area contributed by atoms with Gasteiger partial charge in [-0.2, -0.15) is 0 Å². The average Bonchev–Trinajstić information content (AvgIpc) is 3.50. The van der Waals surface area contributed by atoms with E-state index in [9.17, 15) is 9.59 Å². The number of nitrogens with one attached hydrogen (secondary N) is 4. The summed E-state index contributed by atoms with van der Waals surface area (Å²) in [6.45, 7) is 2.25. The first-order chi connectivity index (χ1) is 20.9. The van der Waals surface area contributed by atoms with Crippen LogP contribution in [-0.4, -0.2) is 16.9 Å². The maximum Gasteiger partial charge on any atom is 0.268 e. The highest BCUT2D eigenvalue weighted by molar-refractivity contribution is 7.80. The van der Waals surface area contributed by atoms with Gasteiger partial charge in [0.1, 0.15) is 17.2 Å². The number of carbonyl (C=O) groups is 2. The summed E-state index contributed by atoms with van der Waals surface area (Å²) in [6, 6.07) is 37.4. The van der Waals surface area contributed by atoms with Gasteiger partial charge in [-0.3, -0.25) is 9.59 Å². The molecule has 0 saturated carbocycles. The molecule has 4 aromatic carbocycles. The minimum absolute atomic E-state index is 0.0561. The standard InChI is InChI=1S/C35H30N4O3S/c1-24-15-17-28(18-16-24)37-35(43)38-29-14-8-9-25(21-29)23-36-34(41)31(39-33(40)27-12-6-3-7-13-27)22-30-19-20-32(42-30)26-10-4-2-5-11-26/h2-22H,23H2,1H3,(H,36,41)(H,39,40)(H2,37,38,43)/b31-22-. The van der Waals surface area contributed by atoms with E-state index in [2.05, 4.69) is 21.3 Å². The molecule has 8 heteroatoms. The Morgan fingerprint density at radius 1 is 0.767 bits per heavy atom. The van der Waals surface area contributed by atoms with Gasteiger partial charge in [-0.25, -0.2) is 0 Å². The predicted molar refractivity (Wildman–Crippen MR) is 175 cm³/mol. The fourth-order valence-electron chi connectivity index (χ4n) is 4.24. The van der Waals surface area contributed by atoms with Crippen LogP contribution < -0.4 is 21.3 Å². The van der Waals surface area contributed by atoms with E-state index in [1.165, 1.54) is 6.08 Å². The van der Waals surface area contributed by atoms with E-state index >= 15 is 0 Å². The molecule has 43 heavy (non-hydrogen) atoms. The molecule has 0 spiro atoms. The summed E-state index contributed by atoms with van der Waals surface area (Å²) in [5.74, 6) is 0.215. The van der Waals surface area contributed by atoms with E-state index in [4.69, 9.17) is 16.6 Å². The van der Waals surface area contributed by atoms with Crippen molar-refractivity contribution in [1.29, 1.82) is 0 Å². The monoisotopic (exact) mass is 586 g/mol. The largest absolute Gasteiger partial charge is 0.457 e. The Morgan fingerprint density at radius 2 is 1.47 bits per heavy atom. The summed E-state index contributed by atoms with van der Waals surface area (Å²) < 4.78 is 5.97. The van der Waals surface area contributed by atoms with Crippen molar-refractivity contribution >= 4 is 46.6 Å². The van der Waals surface area contributed by atoms with Crippen molar-refractivity contribution in [1.82, 2.24) is 10.6 Å². The van der Waals surface area contributed by atoms with Crippen molar-refractivity contribution in [3.05, 3.63) is 149 Å². The van der Waals surface area contributed by atoms with E-state index in [1.807, 2.05) is 97.9 Å². The second-order valence-corrected chi connectivity index (χ2v) is 10.2. The lowest BCUT2D eigenvalue weighted by atomic mass is 10.2. The number of rotatable bonds is 9. The molecular formula is C35H30N4O3S. The molecule has 0 unspecified atom stereocenters. The summed E-state index contributed by atoms with van der Waals surface area (Å²) >= 11 is 5.46. The number of amides is 2. The number of anilines is 2. The van der Waals surface area contributed by atoms with Gasteiger partial charge in [0.25, 0.3) is 11.8 Å². The van der Waals surface area contributed by atoms with E-state index in [0.717, 1.165) is 28.1 Å². The minimum Gasteiger partial charge on any atom is -0.457 e. The molecule has 0 bridgehead atoms. The van der Waals surface area contributed by atoms with Gasteiger partial charge in [0, 0.05) is 35.1 Å². The van der Waals surface area contributed by atoms with E-state index in [-0.39, 0.29) is 12.2 Å². The molecule has 0 atom stereocenters. The third-order valence-corrected chi connectivity index (χ3v) is 6.65. The molecule has 1 aromatic heterocycles. The Hall–Kier alpha value is -5.47. The lowest BCUT2D eigenvalue weighted by Gasteiger charge is -2.13. The van der Waals surface area contributed by atoms with Gasteiger partial charge in [-0.15, -0.1) is 0 Å². The van der Waals surface area contributed by atoms with Gasteiger partial charge >= 0.3 is 0 Å². The lowest BCUT2D eigenvalue weighted by molar-refractivity contribution is -0.117. The molecule has 5 rings (SSSR count). The van der Waals surface area contributed by atoms with Gasteiger partial charge in [0.2, 0.25) is 0 Å². The molecule has 5 aromatic rings. The van der Waals surface area contributed by atoms with Gasteiger partial charge in [0.05, 0.1) is 0 Å². The zero-order chi connectivity index (χ0) is 30.0. The molecular weight excluding hydrogens is 556 g/mol. The Morgan fingerprint density at radius 3 is 2.21 bits per heavy atom. The number of furan rings is 1. The van der Waals surface area contributed by atoms with Gasteiger partial charge < -0.3 is 25.7 Å². The van der Waals surface area contributed by atoms with Crippen LogP contribution in [-0.2, 0) is 11.3 Å². The summed E-state index contributed by atoms with van der Waals surface area (Å²) in [5, 5.41) is 12.4. The fourth-order valence-corrected chi connectivity index (χ4v) is 4.48. The molecule has 214 valence electrons. The average molecular weight is 587 g/mol. The fraction of sp³-hybridized carbons (Fsp3) is 0.0571. The van der Waals surface area contributed by atoms with Crippen molar-refractivity contribution in [2.45, 2.75) is 13.5 Å². The molecule has 2 amide bonds. The quantitative estimate of drug-likeness (QED) is 0.108. The van der Waals surface area contributed by atoms with Crippen LogP contribution >= 0.6 is 12.2 Å². The van der Waals surface area contributed by atoms with Gasteiger partial charge in [-0.05, 0) is 73.2 Å². The van der Waals surface area contributed by atoms with Crippen LogP contribution in [0.3, 0.4) is 0 Å². The maximum absolute atomic E-state index is 13.4. The molecule has 0 aliphatic rings. The van der Waals surface area contributed by atoms with Crippen molar-refractivity contribution in [2.24, 2.45) is 0 Å². The summed E-state index contributed by atoms with van der Waals surface area (Å²) in [6.07, 6.45) is 1.52. The van der Waals surface area contributed by atoms with Crippen LogP contribution in [0.25, 0.3) is 17.4 Å². The third kappa shape index (κ3) is 8.28. The molecule has 0 aliphatic carbocycles. The minimum atomic E-state index is -0.461. The van der Waals surface area contributed by atoms with E-state index < -0.39 is 11.8 Å². The highest BCUT2D eigenvalue weighted by Gasteiger charge is 2.16. The highest BCUT2D eigenvalue weighted by atomic mass is 32.1. The predicted octanol–water partition coefficient (Wildman–Crippen LogP) is 7.15. The van der Waals surface area contributed by atoms with Crippen LogP contribution in [0, 0.1) is 6.92 Å². The number of hydrogen-bond acceptors (Lipinski definition) is 4. The third-order valence-electron chi connectivity index (χ3n) is 6.45. The van der Waals surface area contributed by atoms with Crippen LogP contribution in [0.2, 0.25) is 0 Å². The number of aryl methyl sites for hydroxylation is 1. The Balaban J connectivity index is 1.28. The zero-order valence-electron chi connectivity index (χ0n) is 23.5. The zero-order valence-corrected chi connectivity index (χ0v) is 24.3. The Labute approximate surface area is 255 Å². The smallest absolute Gasteiger partial charge is 0.268 e. The summed E-state index contributed by atoms with van der Waals surface area (Å²) in [4.78, 5) is 26.3. The normalized spacial score (nSPS) is 11.0. The number of benzene rings is 4. The Kier molecular flexibility index (Phi) is 9.41. The Bertz CT molecular complexity index is 1750. The van der Waals surface area contributed by atoms with Gasteiger partial charge in [-0.1, -0.05) is 78.4 Å². The molecule has 0 fully saturated rings. The first-order valence-corrected chi connectivity index (χ1v) is 14.1. The van der Waals surface area contributed by atoms with Crippen molar-refractivity contribution < 1.29 is 14.0 Å². The van der Waals surface area contributed by atoms with Crippen LogP contribution in [0.1, 0.15) is 27.2 Å². The molecule has 0 aliphatic heterocycles. The second-order valence-electron chi connectivity index (χ2n) is 9.77. The first-order valence-electron chi connectivity index (χ1n) is 13.7. The lowest BCUT2D eigenvalue weighted by Crippen LogP contribution is -2.34. The number of carbonyl (C=O) groups excluding carboxylic acids is 2. The number of hydrogen-bond donors (Lipinski definition) is 4. The van der Waals surface area contributed by atoms with E-state index in [1.54, 1.807) is 30.3 Å². The second kappa shape index (κ2) is 13.9. The van der Waals surface area contributed by atoms with Crippen LogP contribution in [0.15, 0.2) is 131 Å². The summed E-state index contributed by atoms with van der Waals surface area (Å²) in [5.41, 5.74) is 5.06. The van der Waals surface area contributed by atoms with Crippen molar-refractivity contribution in [3.8, 4) is 11.3 Å². The molecule has 7 nitrogen and oxygen atoms in total. The molecule has 4 N–H and O–H groups in total. The van der Waals surface area contributed by atoms with Crippen LogP contribution in [0.4, 0.5) is 11.4 Å². The van der Waals surface area contributed by atoms with Gasteiger partial charge in [0.15, 0.2) is 5.11 Å².